The van der Waals surface area contributed by atoms with Crippen molar-refractivity contribution >= 4 is 23.4 Å². The van der Waals surface area contributed by atoms with E-state index in [2.05, 4.69) is 20.5 Å². The minimum atomic E-state index is -4.96. The smallest absolute Gasteiger partial charge is 0.421 e. The lowest BCUT2D eigenvalue weighted by Gasteiger charge is -2.35. The number of urea groups is 1. The van der Waals surface area contributed by atoms with Gasteiger partial charge in [-0.15, -0.1) is 0 Å². The number of likely N-dealkylation sites (N-methyl/N-ethyl adjacent to an activating group) is 1. The second-order valence-corrected chi connectivity index (χ2v) is 12.8. The Hall–Kier alpha value is -3.82. The van der Waals surface area contributed by atoms with Crippen molar-refractivity contribution in [2.75, 3.05) is 43.6 Å². The third-order valence-corrected chi connectivity index (χ3v) is 9.99. The van der Waals surface area contributed by atoms with E-state index in [1.807, 2.05) is 7.05 Å². The molecule has 0 unspecified atom stereocenters. The predicted molar refractivity (Wildman–Crippen MR) is 157 cm³/mol. The molecule has 1 saturated carbocycles. The molecule has 1 aromatic heterocycles. The van der Waals surface area contributed by atoms with Crippen molar-refractivity contribution in [2.24, 2.45) is 5.92 Å². The molecule has 1 aromatic carbocycles. The van der Waals surface area contributed by atoms with E-state index in [4.69, 9.17) is 4.74 Å². The summed E-state index contributed by atoms with van der Waals surface area (Å²) in [5.74, 6) is -6.43. The van der Waals surface area contributed by atoms with Crippen LogP contribution in [0.4, 0.5) is 47.0 Å². The molecule has 16 heteroatoms. The molecule has 47 heavy (non-hydrogen) atoms. The summed E-state index contributed by atoms with van der Waals surface area (Å²) in [6.45, 7) is 0.277. The number of pyridine rings is 1. The Morgan fingerprint density at radius 2 is 1.70 bits per heavy atom. The highest BCUT2D eigenvalue weighted by Gasteiger charge is 2.51. The second kappa shape index (κ2) is 12.7. The number of ether oxygens (including phenoxy) is 1. The summed E-state index contributed by atoms with van der Waals surface area (Å²) in [6.07, 6.45) is -4.78. The Balaban J connectivity index is 1.33. The quantitative estimate of drug-likeness (QED) is 0.407. The van der Waals surface area contributed by atoms with Crippen molar-refractivity contribution in [1.29, 1.82) is 0 Å². The normalized spacial score (nSPS) is 28.0. The third-order valence-electron chi connectivity index (χ3n) is 9.99. The number of halogens is 7. The predicted octanol–water partition coefficient (Wildman–Crippen LogP) is 4.90. The average Bonchev–Trinajstić information content (AvgIpc) is 3.69. The molecule has 0 spiro atoms. The number of amides is 3. The van der Waals surface area contributed by atoms with Crippen molar-refractivity contribution in [1.82, 2.24) is 20.5 Å². The molecule has 4 atom stereocenters. The average molecular weight is 673 g/mol. The van der Waals surface area contributed by atoms with E-state index in [1.165, 1.54) is 13.2 Å². The minimum absolute atomic E-state index is 0.0639. The number of rotatable bonds is 7. The van der Waals surface area contributed by atoms with E-state index in [0.29, 0.717) is 19.5 Å². The van der Waals surface area contributed by atoms with Crippen LogP contribution in [0.25, 0.3) is 0 Å². The first-order valence-electron chi connectivity index (χ1n) is 15.5. The van der Waals surface area contributed by atoms with Crippen LogP contribution in [0.5, 0.6) is 5.75 Å². The van der Waals surface area contributed by atoms with Crippen LogP contribution in [0.1, 0.15) is 49.1 Å². The summed E-state index contributed by atoms with van der Waals surface area (Å²) < 4.78 is 107. The maximum Gasteiger partial charge on any atom is 0.421 e. The fourth-order valence-corrected chi connectivity index (χ4v) is 7.58. The van der Waals surface area contributed by atoms with Gasteiger partial charge in [0.25, 0.3) is 5.91 Å². The van der Waals surface area contributed by atoms with Gasteiger partial charge in [0.1, 0.15) is 34.8 Å². The third kappa shape index (κ3) is 6.27. The maximum atomic E-state index is 15.4. The number of likely N-dealkylation sites (tertiary alicyclic amines) is 1. The lowest BCUT2D eigenvalue weighted by molar-refractivity contribution is -0.136. The van der Waals surface area contributed by atoms with Crippen LogP contribution in [-0.2, 0) is 11.0 Å². The van der Waals surface area contributed by atoms with Gasteiger partial charge in [-0.25, -0.2) is 27.3 Å². The molecule has 2 bridgehead atoms. The van der Waals surface area contributed by atoms with E-state index in [0.717, 1.165) is 23.2 Å². The molecular weight excluding hydrogens is 637 g/mol. The molecule has 6 rings (SSSR count). The molecule has 9 nitrogen and oxygen atoms in total. The van der Waals surface area contributed by atoms with Crippen molar-refractivity contribution in [3.63, 3.8) is 0 Å². The van der Waals surface area contributed by atoms with Gasteiger partial charge in [0.2, 0.25) is 6.43 Å². The Morgan fingerprint density at radius 1 is 1.02 bits per heavy atom. The van der Waals surface area contributed by atoms with Gasteiger partial charge in [-0.1, -0.05) is 0 Å². The highest BCUT2D eigenvalue weighted by atomic mass is 19.4. The van der Waals surface area contributed by atoms with Gasteiger partial charge in [0, 0.05) is 73.5 Å². The van der Waals surface area contributed by atoms with Gasteiger partial charge in [-0.2, -0.15) is 13.2 Å². The number of piperazine rings is 1. The largest absolute Gasteiger partial charge is 0.497 e. The van der Waals surface area contributed by atoms with Gasteiger partial charge >= 0.3 is 12.2 Å². The highest BCUT2D eigenvalue weighted by molar-refractivity contribution is 6.03. The molecule has 256 valence electrons. The zero-order chi connectivity index (χ0) is 33.8. The number of carbonyl (C=O) groups excluding carboxylic acids is 2. The van der Waals surface area contributed by atoms with E-state index in [9.17, 15) is 31.5 Å². The van der Waals surface area contributed by atoms with Gasteiger partial charge in [0.05, 0.1) is 12.8 Å². The highest BCUT2D eigenvalue weighted by Crippen LogP contribution is 2.47. The zero-order valence-corrected chi connectivity index (χ0v) is 25.7. The number of alkyl halides is 5. The van der Waals surface area contributed by atoms with Gasteiger partial charge in [0.15, 0.2) is 0 Å². The summed E-state index contributed by atoms with van der Waals surface area (Å²) >= 11 is 0. The van der Waals surface area contributed by atoms with Gasteiger partial charge < -0.3 is 20.3 Å². The second-order valence-electron chi connectivity index (χ2n) is 12.8. The van der Waals surface area contributed by atoms with E-state index < -0.39 is 83.6 Å². The number of methoxy groups -OCH3 is 1. The number of hydrogen-bond donors (Lipinski definition) is 2. The number of fused-ring (bicyclic) bond motifs is 2. The van der Waals surface area contributed by atoms with Crippen LogP contribution in [0.2, 0.25) is 0 Å². The molecular formula is C31H35F7N6O3. The number of nitrogens with zero attached hydrogens (tertiary/aromatic N) is 4. The molecule has 4 heterocycles. The van der Waals surface area contributed by atoms with E-state index in [1.54, 1.807) is 4.90 Å². The van der Waals surface area contributed by atoms with Crippen LogP contribution >= 0.6 is 0 Å². The van der Waals surface area contributed by atoms with Crippen LogP contribution in [0, 0.1) is 17.6 Å². The summed E-state index contributed by atoms with van der Waals surface area (Å²) in [6, 6.07) is -0.218. The molecule has 3 saturated heterocycles. The van der Waals surface area contributed by atoms with Crippen LogP contribution in [-0.4, -0.2) is 86.2 Å². The first-order valence-corrected chi connectivity index (χ1v) is 15.5. The molecule has 4 aliphatic rings. The zero-order valence-electron chi connectivity index (χ0n) is 25.7. The maximum absolute atomic E-state index is 15.4. The summed E-state index contributed by atoms with van der Waals surface area (Å²) in [7, 11) is 3.10. The Bertz CT molecular complexity index is 1490. The fraction of sp³-hybridized carbons (Fsp3) is 0.581. The molecule has 0 radical (unpaired) electrons. The monoisotopic (exact) mass is 672 g/mol. The van der Waals surface area contributed by atoms with Crippen molar-refractivity contribution in [2.45, 2.75) is 74.8 Å². The van der Waals surface area contributed by atoms with Gasteiger partial charge in [-0.3, -0.25) is 14.6 Å². The number of hydrogen-bond acceptors (Lipinski definition) is 6. The Morgan fingerprint density at radius 3 is 2.26 bits per heavy atom. The van der Waals surface area contributed by atoms with Crippen molar-refractivity contribution < 1.29 is 45.1 Å². The number of benzene rings is 1. The number of nitrogens with one attached hydrogen (secondary N) is 2. The summed E-state index contributed by atoms with van der Waals surface area (Å²) in [5.41, 5.74) is -1.92. The van der Waals surface area contributed by atoms with E-state index in [-0.39, 0.29) is 49.2 Å². The minimum Gasteiger partial charge on any atom is -0.497 e. The standard InChI is InChI=1S/C31H35F7N6O3/c1-42-12-18-9-17(42)13-43(18)23-7-8-39-28(25(23)31(36,37)38)44-14-20(24-21(32)10-19(47-2)11-22(24)33)26(29(44)45)41-30(46)40-16-5-3-15(4-6-16)27(34)35/h7-8,10-11,15-18,20,26-27H,3-6,9,12-14H2,1-2H3,(H2,40,41,46)/t15-,16-,17-,18-,20-,26-/m0/s1. The van der Waals surface area contributed by atoms with Crippen molar-refractivity contribution in [3.8, 4) is 5.75 Å². The topological polar surface area (TPSA) is 90.0 Å². The molecule has 2 aromatic rings. The number of carbonyl (C=O) groups is 2. The van der Waals surface area contributed by atoms with Gasteiger partial charge in [-0.05, 0) is 45.2 Å². The van der Waals surface area contributed by atoms with Crippen LogP contribution in [0.3, 0.4) is 0 Å². The van der Waals surface area contributed by atoms with Crippen LogP contribution in [0.15, 0.2) is 24.4 Å². The SMILES string of the molecule is COc1cc(F)c([C@@H]2CN(c3nccc(N4C[C@@H]5C[C@H]4CN5C)c3C(F)(F)F)C(=O)[C@H]2NC(=O)N[C@H]2CC[C@H](C(F)F)CC2)c(F)c1. The summed E-state index contributed by atoms with van der Waals surface area (Å²) in [5, 5.41) is 5.04. The lowest BCUT2D eigenvalue weighted by atomic mass is 9.86. The Kier molecular flexibility index (Phi) is 8.91. The number of aromatic nitrogens is 1. The summed E-state index contributed by atoms with van der Waals surface area (Å²) in [4.78, 5) is 35.5. The molecule has 3 aliphatic heterocycles. The fourth-order valence-electron chi connectivity index (χ4n) is 7.58. The Labute approximate surface area is 266 Å². The lowest BCUT2D eigenvalue weighted by Crippen LogP contribution is -2.51. The molecule has 2 N–H and O–H groups in total. The van der Waals surface area contributed by atoms with Crippen LogP contribution < -0.4 is 25.2 Å². The number of anilines is 2. The molecule has 3 amide bonds. The van der Waals surface area contributed by atoms with Crippen molar-refractivity contribution in [3.05, 3.63) is 47.2 Å². The first kappa shape index (κ1) is 33.1. The molecule has 1 aliphatic carbocycles. The van der Waals surface area contributed by atoms with E-state index >= 15 is 8.78 Å². The molecule has 4 fully saturated rings. The first-order chi connectivity index (χ1) is 22.3.